The molecular formula is C24H26N2O4S. The van der Waals surface area contributed by atoms with Crippen LogP contribution in [0, 0.1) is 6.92 Å². The molecule has 1 amide bonds. The Hall–Kier alpha value is -3.06. The molecule has 4 rings (SSSR count). The van der Waals surface area contributed by atoms with Crippen LogP contribution in [0.2, 0.25) is 0 Å². The second-order valence-corrected chi connectivity index (χ2v) is 8.31. The molecule has 1 aromatic heterocycles. The topological polar surface area (TPSA) is 60.9 Å². The molecule has 2 heterocycles. The summed E-state index contributed by atoms with van der Waals surface area (Å²) < 4.78 is 16.3. The molecule has 162 valence electrons. The Labute approximate surface area is 186 Å². The normalized spacial score (nSPS) is 13.0. The van der Waals surface area contributed by atoms with Crippen molar-refractivity contribution < 1.29 is 19.0 Å². The molecule has 7 heteroatoms. The van der Waals surface area contributed by atoms with Gasteiger partial charge in [-0.3, -0.25) is 4.79 Å². The molecule has 0 radical (unpaired) electrons. The lowest BCUT2D eigenvalue weighted by Gasteiger charge is -2.32. The largest absolute Gasteiger partial charge is 0.495 e. The first-order chi connectivity index (χ1) is 15.0. The number of methoxy groups -OCH3 is 3. The molecule has 0 saturated carbocycles. The van der Waals surface area contributed by atoms with Gasteiger partial charge in [0.15, 0.2) is 11.5 Å². The van der Waals surface area contributed by atoms with Crippen molar-refractivity contribution in [3.63, 3.8) is 0 Å². The monoisotopic (exact) mass is 438 g/mol. The minimum Gasteiger partial charge on any atom is -0.495 e. The third-order valence-corrected chi connectivity index (χ3v) is 6.53. The lowest BCUT2D eigenvalue weighted by molar-refractivity contribution is -0.118. The molecule has 0 bridgehead atoms. The Morgan fingerprint density at radius 3 is 2.55 bits per heavy atom. The lowest BCUT2D eigenvalue weighted by atomic mass is 9.96. The van der Waals surface area contributed by atoms with E-state index < -0.39 is 0 Å². The van der Waals surface area contributed by atoms with Gasteiger partial charge in [-0.2, -0.15) is 0 Å². The molecule has 0 N–H and O–H groups in total. The Morgan fingerprint density at radius 2 is 1.81 bits per heavy atom. The minimum absolute atomic E-state index is 0.0361. The lowest BCUT2D eigenvalue weighted by Crippen LogP contribution is -2.37. The molecule has 31 heavy (non-hydrogen) atoms. The van der Waals surface area contributed by atoms with Gasteiger partial charge in [0.25, 0.3) is 0 Å². The van der Waals surface area contributed by atoms with Gasteiger partial charge in [0.2, 0.25) is 5.91 Å². The predicted octanol–water partition coefficient (Wildman–Crippen LogP) is 4.67. The number of nitrogens with zero attached hydrogens (tertiary/aromatic N) is 2. The van der Waals surface area contributed by atoms with Crippen molar-refractivity contribution in [3.05, 3.63) is 52.5 Å². The van der Waals surface area contributed by atoms with Crippen LogP contribution in [0.4, 0.5) is 5.69 Å². The SMILES string of the molecule is COc1ccc(-c2nc(CC(=O)N3CCCc4c(C)ccc(OC)c43)cs2)cc1OC. The van der Waals surface area contributed by atoms with Crippen molar-refractivity contribution in [3.8, 4) is 27.8 Å². The van der Waals surface area contributed by atoms with Gasteiger partial charge in [0.1, 0.15) is 10.8 Å². The number of thiazole rings is 1. The number of carbonyl (C=O) groups is 1. The fourth-order valence-corrected chi connectivity index (χ4v) is 4.82. The summed E-state index contributed by atoms with van der Waals surface area (Å²) in [4.78, 5) is 19.8. The van der Waals surface area contributed by atoms with E-state index in [1.807, 2.05) is 34.5 Å². The van der Waals surface area contributed by atoms with E-state index in [4.69, 9.17) is 19.2 Å². The summed E-state index contributed by atoms with van der Waals surface area (Å²) in [6.07, 6.45) is 2.16. The van der Waals surface area contributed by atoms with Gasteiger partial charge in [0.05, 0.1) is 39.1 Å². The third-order valence-electron chi connectivity index (χ3n) is 5.59. The zero-order valence-electron chi connectivity index (χ0n) is 18.2. The number of aryl methyl sites for hydroxylation is 1. The average molecular weight is 439 g/mol. The van der Waals surface area contributed by atoms with Gasteiger partial charge in [0, 0.05) is 17.5 Å². The van der Waals surface area contributed by atoms with Gasteiger partial charge in [-0.1, -0.05) is 6.07 Å². The van der Waals surface area contributed by atoms with Crippen LogP contribution in [0.15, 0.2) is 35.7 Å². The maximum absolute atomic E-state index is 13.2. The van der Waals surface area contributed by atoms with Gasteiger partial charge >= 0.3 is 0 Å². The minimum atomic E-state index is 0.0361. The quantitative estimate of drug-likeness (QED) is 0.560. The van der Waals surface area contributed by atoms with Crippen LogP contribution in [0.25, 0.3) is 10.6 Å². The summed E-state index contributed by atoms with van der Waals surface area (Å²) >= 11 is 1.52. The van der Waals surface area contributed by atoms with E-state index in [1.165, 1.54) is 22.5 Å². The predicted molar refractivity (Wildman–Crippen MR) is 123 cm³/mol. The summed E-state index contributed by atoms with van der Waals surface area (Å²) in [5.41, 5.74) is 5.00. The number of ether oxygens (including phenoxy) is 3. The van der Waals surface area contributed by atoms with E-state index in [0.29, 0.717) is 18.0 Å². The number of amides is 1. The van der Waals surface area contributed by atoms with Crippen molar-refractivity contribution in [2.45, 2.75) is 26.2 Å². The van der Waals surface area contributed by atoms with Crippen molar-refractivity contribution >= 4 is 22.9 Å². The molecule has 2 aromatic carbocycles. The molecule has 1 aliphatic heterocycles. The number of aromatic nitrogens is 1. The van der Waals surface area contributed by atoms with Gasteiger partial charge in [-0.05, 0) is 55.2 Å². The van der Waals surface area contributed by atoms with E-state index in [2.05, 4.69) is 13.0 Å². The molecule has 0 fully saturated rings. The van der Waals surface area contributed by atoms with E-state index in [9.17, 15) is 4.79 Å². The summed E-state index contributed by atoms with van der Waals surface area (Å²) in [6.45, 7) is 2.78. The van der Waals surface area contributed by atoms with E-state index >= 15 is 0 Å². The Kier molecular flexibility index (Phi) is 6.13. The molecule has 0 spiro atoms. The number of rotatable bonds is 6. The maximum atomic E-state index is 13.2. The van der Waals surface area contributed by atoms with Crippen molar-refractivity contribution in [1.82, 2.24) is 4.98 Å². The number of anilines is 1. The van der Waals surface area contributed by atoms with E-state index in [1.54, 1.807) is 21.3 Å². The van der Waals surface area contributed by atoms with Crippen molar-refractivity contribution in [2.75, 3.05) is 32.8 Å². The molecule has 6 nitrogen and oxygen atoms in total. The second kappa shape index (κ2) is 8.98. The first kappa shape index (κ1) is 21.2. The van der Waals surface area contributed by atoms with E-state index in [-0.39, 0.29) is 12.3 Å². The molecule has 3 aromatic rings. The standard InChI is InChI=1S/C24H26N2O4S/c1-15-7-9-20(29-3)23-18(15)6-5-11-26(23)22(27)13-17-14-31-24(25-17)16-8-10-19(28-2)21(12-16)30-4/h7-10,12,14H,5-6,11,13H2,1-4H3. The number of carbonyl (C=O) groups excluding carboxylic acids is 1. The Bertz CT molecular complexity index is 1110. The van der Waals surface area contributed by atoms with Crippen LogP contribution in [0.1, 0.15) is 23.2 Å². The fraction of sp³-hybridized carbons (Fsp3) is 0.333. The fourth-order valence-electron chi connectivity index (χ4n) is 4.01. The van der Waals surface area contributed by atoms with Crippen LogP contribution < -0.4 is 19.1 Å². The van der Waals surface area contributed by atoms with E-state index in [0.717, 1.165) is 40.5 Å². The average Bonchev–Trinajstić information content (AvgIpc) is 3.27. The third kappa shape index (κ3) is 4.10. The summed E-state index contributed by atoms with van der Waals surface area (Å²) in [6, 6.07) is 9.71. The zero-order chi connectivity index (χ0) is 22.0. The zero-order valence-corrected chi connectivity index (χ0v) is 19.0. The molecule has 1 aliphatic rings. The summed E-state index contributed by atoms with van der Waals surface area (Å²) in [5, 5.41) is 2.79. The Morgan fingerprint density at radius 1 is 1.06 bits per heavy atom. The second-order valence-electron chi connectivity index (χ2n) is 7.45. The number of benzene rings is 2. The van der Waals surface area contributed by atoms with Crippen LogP contribution in [-0.2, 0) is 17.6 Å². The van der Waals surface area contributed by atoms with Crippen LogP contribution in [-0.4, -0.2) is 38.8 Å². The van der Waals surface area contributed by atoms with Crippen molar-refractivity contribution in [1.29, 1.82) is 0 Å². The number of hydrogen-bond acceptors (Lipinski definition) is 6. The highest BCUT2D eigenvalue weighted by Gasteiger charge is 2.27. The van der Waals surface area contributed by atoms with Gasteiger partial charge < -0.3 is 19.1 Å². The molecule has 0 unspecified atom stereocenters. The maximum Gasteiger partial charge on any atom is 0.233 e. The first-order valence-electron chi connectivity index (χ1n) is 10.2. The number of fused-ring (bicyclic) bond motifs is 1. The van der Waals surface area contributed by atoms with Gasteiger partial charge in [-0.25, -0.2) is 4.98 Å². The molecule has 0 aliphatic carbocycles. The molecule has 0 saturated heterocycles. The highest BCUT2D eigenvalue weighted by molar-refractivity contribution is 7.13. The van der Waals surface area contributed by atoms with Gasteiger partial charge in [-0.15, -0.1) is 11.3 Å². The van der Waals surface area contributed by atoms with Crippen LogP contribution in [0.3, 0.4) is 0 Å². The first-order valence-corrected chi connectivity index (χ1v) is 11.1. The highest BCUT2D eigenvalue weighted by Crippen LogP contribution is 2.39. The van der Waals surface area contributed by atoms with Crippen LogP contribution >= 0.6 is 11.3 Å². The van der Waals surface area contributed by atoms with Crippen molar-refractivity contribution in [2.24, 2.45) is 0 Å². The smallest absolute Gasteiger partial charge is 0.233 e. The summed E-state index contributed by atoms with van der Waals surface area (Å²) in [5.74, 6) is 2.11. The molecule has 0 atom stereocenters. The Balaban J connectivity index is 1.57. The summed E-state index contributed by atoms with van der Waals surface area (Å²) in [7, 11) is 4.87. The molecular weight excluding hydrogens is 412 g/mol. The highest BCUT2D eigenvalue weighted by atomic mass is 32.1. The number of hydrogen-bond donors (Lipinski definition) is 0. The van der Waals surface area contributed by atoms with Crippen LogP contribution in [0.5, 0.6) is 17.2 Å².